The highest BCUT2D eigenvalue weighted by atomic mass is 79.9. The number of aromatic nitrogens is 2. The Morgan fingerprint density at radius 2 is 1.83 bits per heavy atom. The van der Waals surface area contributed by atoms with Crippen molar-refractivity contribution >= 4 is 66.5 Å². The quantitative estimate of drug-likeness (QED) is 0.264. The topological polar surface area (TPSA) is 58.1 Å². The minimum Gasteiger partial charge on any atom is -0.378 e. The first-order chi connectivity index (χ1) is 14.5. The van der Waals surface area contributed by atoms with Gasteiger partial charge < -0.3 is 10.2 Å². The van der Waals surface area contributed by atoms with Gasteiger partial charge in [-0.2, -0.15) is 0 Å². The van der Waals surface area contributed by atoms with E-state index in [4.69, 9.17) is 0 Å². The smallest absolute Gasteiger partial charge is 0.234 e. The molecule has 152 valence electrons. The van der Waals surface area contributed by atoms with Gasteiger partial charge in [-0.15, -0.1) is 11.3 Å². The predicted molar refractivity (Wildman–Crippen MR) is 131 cm³/mol. The van der Waals surface area contributed by atoms with Crippen LogP contribution >= 0.6 is 39.0 Å². The average molecular weight is 499 g/mol. The van der Waals surface area contributed by atoms with Crippen molar-refractivity contribution in [2.45, 2.75) is 5.03 Å². The zero-order chi connectivity index (χ0) is 21.1. The number of thiophene rings is 1. The van der Waals surface area contributed by atoms with Crippen LogP contribution in [0.25, 0.3) is 21.3 Å². The lowest BCUT2D eigenvalue weighted by molar-refractivity contribution is -0.113. The number of carbonyl (C=O) groups excluding carboxylic acids is 1. The summed E-state index contributed by atoms with van der Waals surface area (Å²) < 4.78 is 1.03. The molecule has 0 spiro atoms. The standard InChI is InChI=1S/C22H19BrN4OS2/c1-27(2)17-9-7-16(8-10-17)26-19(28)12-30-22-20-18(11-29-21(20)24-13-25-22)14-3-5-15(23)6-4-14/h3-11,13H,12H2,1-2H3,(H,26,28). The molecule has 0 saturated heterocycles. The molecule has 2 aromatic heterocycles. The highest BCUT2D eigenvalue weighted by molar-refractivity contribution is 9.10. The van der Waals surface area contributed by atoms with Gasteiger partial charge in [0.15, 0.2) is 0 Å². The number of hydrogen-bond donors (Lipinski definition) is 1. The van der Waals surface area contributed by atoms with Crippen molar-refractivity contribution < 1.29 is 4.79 Å². The van der Waals surface area contributed by atoms with Crippen LogP contribution < -0.4 is 10.2 Å². The second-order valence-electron chi connectivity index (χ2n) is 6.79. The van der Waals surface area contributed by atoms with Crippen molar-refractivity contribution in [3.05, 3.63) is 64.7 Å². The summed E-state index contributed by atoms with van der Waals surface area (Å²) in [6.07, 6.45) is 1.56. The molecule has 0 aliphatic heterocycles. The van der Waals surface area contributed by atoms with Crippen molar-refractivity contribution in [3.63, 3.8) is 0 Å². The van der Waals surface area contributed by atoms with Crippen molar-refractivity contribution in [1.82, 2.24) is 9.97 Å². The van der Waals surface area contributed by atoms with E-state index in [1.54, 1.807) is 17.7 Å². The van der Waals surface area contributed by atoms with E-state index < -0.39 is 0 Å². The second kappa shape index (κ2) is 9.16. The van der Waals surface area contributed by atoms with Crippen LogP contribution in [0.15, 0.2) is 69.7 Å². The first-order valence-electron chi connectivity index (χ1n) is 9.19. The molecule has 2 aromatic carbocycles. The zero-order valence-corrected chi connectivity index (χ0v) is 19.6. The van der Waals surface area contributed by atoms with E-state index in [0.29, 0.717) is 0 Å². The number of nitrogens with zero attached hydrogens (tertiary/aromatic N) is 3. The summed E-state index contributed by atoms with van der Waals surface area (Å²) in [5.74, 6) is 0.210. The molecule has 5 nitrogen and oxygen atoms in total. The number of rotatable bonds is 6. The van der Waals surface area contributed by atoms with Gasteiger partial charge in [0, 0.05) is 40.9 Å². The maximum Gasteiger partial charge on any atom is 0.234 e. The Balaban J connectivity index is 1.50. The minimum atomic E-state index is -0.0650. The van der Waals surface area contributed by atoms with Gasteiger partial charge in [-0.1, -0.05) is 39.8 Å². The Morgan fingerprint density at radius 1 is 1.10 bits per heavy atom. The molecule has 0 fully saturated rings. The predicted octanol–water partition coefficient (Wildman–Crippen LogP) is 5.92. The second-order valence-corrected chi connectivity index (χ2v) is 9.53. The van der Waals surface area contributed by atoms with Crippen molar-refractivity contribution in [3.8, 4) is 11.1 Å². The number of halogens is 1. The SMILES string of the molecule is CN(C)c1ccc(NC(=O)CSc2ncnc3scc(-c4ccc(Br)cc4)c23)cc1. The largest absolute Gasteiger partial charge is 0.378 e. The molecule has 0 bridgehead atoms. The molecule has 1 amide bonds. The number of anilines is 2. The molecule has 4 rings (SSSR count). The van der Waals surface area contributed by atoms with E-state index in [0.717, 1.165) is 42.2 Å². The number of thioether (sulfide) groups is 1. The zero-order valence-electron chi connectivity index (χ0n) is 16.4. The lowest BCUT2D eigenvalue weighted by Gasteiger charge is -2.13. The first kappa shape index (κ1) is 20.8. The van der Waals surface area contributed by atoms with Gasteiger partial charge in [-0.25, -0.2) is 9.97 Å². The third-order valence-corrected chi connectivity index (χ3v) is 6.90. The number of benzene rings is 2. The van der Waals surface area contributed by atoms with Crippen molar-refractivity contribution in [1.29, 1.82) is 0 Å². The molecule has 1 N–H and O–H groups in total. The molecular formula is C22H19BrN4OS2. The summed E-state index contributed by atoms with van der Waals surface area (Å²) in [6.45, 7) is 0. The molecular weight excluding hydrogens is 480 g/mol. The summed E-state index contributed by atoms with van der Waals surface area (Å²) in [6, 6.07) is 15.9. The minimum absolute atomic E-state index is 0.0650. The highest BCUT2D eigenvalue weighted by Crippen LogP contribution is 2.38. The molecule has 0 atom stereocenters. The Labute approximate surface area is 191 Å². The van der Waals surface area contributed by atoms with Crippen molar-refractivity contribution in [2.75, 3.05) is 30.1 Å². The fourth-order valence-electron chi connectivity index (χ4n) is 2.97. The van der Waals surface area contributed by atoms with E-state index in [1.807, 2.05) is 55.4 Å². The molecule has 0 aliphatic carbocycles. The Hall–Kier alpha value is -2.42. The van der Waals surface area contributed by atoms with Crippen LogP contribution in [0.4, 0.5) is 11.4 Å². The number of carbonyl (C=O) groups is 1. The fraction of sp³-hybridized carbons (Fsp3) is 0.136. The number of fused-ring (bicyclic) bond motifs is 1. The summed E-state index contributed by atoms with van der Waals surface area (Å²) in [7, 11) is 3.97. The monoisotopic (exact) mass is 498 g/mol. The van der Waals surface area contributed by atoms with E-state index in [-0.39, 0.29) is 11.7 Å². The van der Waals surface area contributed by atoms with Crippen LogP contribution in [0.5, 0.6) is 0 Å². The molecule has 2 heterocycles. The molecule has 0 saturated carbocycles. The van der Waals surface area contributed by atoms with E-state index >= 15 is 0 Å². The molecule has 0 aliphatic rings. The van der Waals surface area contributed by atoms with Gasteiger partial charge in [0.2, 0.25) is 5.91 Å². The maximum absolute atomic E-state index is 12.5. The lowest BCUT2D eigenvalue weighted by atomic mass is 10.1. The molecule has 0 unspecified atom stereocenters. The third-order valence-electron chi connectivity index (χ3n) is 4.50. The third kappa shape index (κ3) is 4.66. The lowest BCUT2D eigenvalue weighted by Crippen LogP contribution is -2.14. The molecule has 8 heteroatoms. The van der Waals surface area contributed by atoms with Crippen LogP contribution in [-0.4, -0.2) is 35.7 Å². The maximum atomic E-state index is 12.5. The van der Waals surface area contributed by atoms with Gasteiger partial charge in [-0.3, -0.25) is 4.79 Å². The van der Waals surface area contributed by atoms with E-state index in [9.17, 15) is 4.79 Å². The average Bonchev–Trinajstić information content (AvgIpc) is 3.18. The van der Waals surface area contributed by atoms with Gasteiger partial charge in [0.25, 0.3) is 0 Å². The normalized spacial score (nSPS) is 10.9. The van der Waals surface area contributed by atoms with Crippen LogP contribution in [-0.2, 0) is 4.79 Å². The van der Waals surface area contributed by atoms with E-state index in [1.165, 1.54) is 11.8 Å². The number of nitrogens with one attached hydrogen (secondary N) is 1. The van der Waals surface area contributed by atoms with Crippen molar-refractivity contribution in [2.24, 2.45) is 0 Å². The molecule has 30 heavy (non-hydrogen) atoms. The summed E-state index contributed by atoms with van der Waals surface area (Å²) in [4.78, 5) is 24.3. The van der Waals surface area contributed by atoms with Crippen LogP contribution in [0.3, 0.4) is 0 Å². The van der Waals surface area contributed by atoms with E-state index in [2.05, 4.69) is 48.7 Å². The van der Waals surface area contributed by atoms with Crippen LogP contribution in [0.1, 0.15) is 0 Å². The Kier molecular flexibility index (Phi) is 6.36. The fourth-order valence-corrected chi connectivity index (χ4v) is 5.03. The summed E-state index contributed by atoms with van der Waals surface area (Å²) >= 11 is 6.49. The summed E-state index contributed by atoms with van der Waals surface area (Å²) in [5.41, 5.74) is 4.06. The van der Waals surface area contributed by atoms with Crippen LogP contribution in [0, 0.1) is 0 Å². The first-order valence-corrected chi connectivity index (χ1v) is 11.9. The van der Waals surface area contributed by atoms with Gasteiger partial charge in [-0.05, 0) is 42.0 Å². The Morgan fingerprint density at radius 3 is 2.53 bits per heavy atom. The number of hydrogen-bond acceptors (Lipinski definition) is 6. The van der Waals surface area contributed by atoms with Crippen LogP contribution in [0.2, 0.25) is 0 Å². The van der Waals surface area contributed by atoms with Gasteiger partial charge >= 0.3 is 0 Å². The van der Waals surface area contributed by atoms with Gasteiger partial charge in [0.05, 0.1) is 11.1 Å². The molecule has 0 radical (unpaired) electrons. The highest BCUT2D eigenvalue weighted by Gasteiger charge is 2.15. The summed E-state index contributed by atoms with van der Waals surface area (Å²) in [5, 5.41) is 6.86. The van der Waals surface area contributed by atoms with Gasteiger partial charge in [0.1, 0.15) is 16.2 Å². The Bertz CT molecular complexity index is 1170. The number of amides is 1. The molecule has 4 aromatic rings.